The first-order valence-electron chi connectivity index (χ1n) is 4.57. The topological polar surface area (TPSA) is 66.3 Å². The lowest BCUT2D eigenvalue weighted by molar-refractivity contribution is 0.0696. The van der Waals surface area contributed by atoms with Crippen LogP contribution in [0.15, 0.2) is 12.4 Å². The minimum Gasteiger partial charge on any atom is -0.478 e. The van der Waals surface area contributed by atoms with Crippen molar-refractivity contribution in [1.82, 2.24) is 9.97 Å². The molecule has 0 spiro atoms. The van der Waals surface area contributed by atoms with Crippen molar-refractivity contribution in [3.05, 3.63) is 18.0 Å². The summed E-state index contributed by atoms with van der Waals surface area (Å²) in [5, 5.41) is 8.65. The number of carbonyl (C=O) groups is 1. The van der Waals surface area contributed by atoms with Gasteiger partial charge in [0.2, 0.25) is 5.95 Å². The van der Waals surface area contributed by atoms with Crippen molar-refractivity contribution in [2.24, 2.45) is 0 Å². The van der Waals surface area contributed by atoms with Crippen LogP contribution in [0, 0.1) is 0 Å². The Hall–Kier alpha value is -1.65. The first-order valence-corrected chi connectivity index (χ1v) is 4.57. The molecule has 1 saturated heterocycles. The normalized spacial score (nSPS) is 15.9. The fourth-order valence-corrected chi connectivity index (χ4v) is 1.51. The molecular formula is C9H11N3O2. The molecule has 2 rings (SSSR count). The molecule has 1 aromatic heterocycles. The molecule has 2 heterocycles. The zero-order chi connectivity index (χ0) is 9.97. The molecule has 74 valence electrons. The highest BCUT2D eigenvalue weighted by Gasteiger charge is 2.15. The number of carboxylic acids is 1. The van der Waals surface area contributed by atoms with Crippen molar-refractivity contribution in [3.63, 3.8) is 0 Å². The van der Waals surface area contributed by atoms with Crippen LogP contribution in [0.25, 0.3) is 0 Å². The second-order valence-electron chi connectivity index (χ2n) is 3.27. The Labute approximate surface area is 81.4 Å². The van der Waals surface area contributed by atoms with Gasteiger partial charge >= 0.3 is 5.97 Å². The van der Waals surface area contributed by atoms with E-state index in [9.17, 15) is 4.79 Å². The molecule has 0 amide bonds. The highest BCUT2D eigenvalue weighted by Crippen LogP contribution is 2.14. The number of aromatic nitrogens is 2. The third kappa shape index (κ3) is 1.66. The predicted octanol–water partition coefficient (Wildman–Crippen LogP) is 0.775. The average molecular weight is 193 g/mol. The predicted molar refractivity (Wildman–Crippen MR) is 50.4 cm³/mol. The van der Waals surface area contributed by atoms with E-state index in [1.807, 2.05) is 0 Å². The highest BCUT2D eigenvalue weighted by molar-refractivity contribution is 5.86. The number of hydrogen-bond donors (Lipinski definition) is 1. The number of rotatable bonds is 2. The van der Waals surface area contributed by atoms with Crippen LogP contribution in [0.3, 0.4) is 0 Å². The summed E-state index contributed by atoms with van der Waals surface area (Å²) in [5.74, 6) is -0.356. The number of anilines is 1. The maximum atomic E-state index is 10.5. The molecule has 0 bridgehead atoms. The van der Waals surface area contributed by atoms with Gasteiger partial charge in [-0.15, -0.1) is 0 Å². The van der Waals surface area contributed by atoms with Crippen LogP contribution in [0.4, 0.5) is 5.95 Å². The van der Waals surface area contributed by atoms with Gasteiger partial charge in [0, 0.05) is 25.5 Å². The fourth-order valence-electron chi connectivity index (χ4n) is 1.51. The van der Waals surface area contributed by atoms with Crippen molar-refractivity contribution in [1.29, 1.82) is 0 Å². The van der Waals surface area contributed by atoms with E-state index in [0.29, 0.717) is 5.95 Å². The maximum absolute atomic E-state index is 10.5. The summed E-state index contributed by atoms with van der Waals surface area (Å²) in [4.78, 5) is 20.6. The van der Waals surface area contributed by atoms with E-state index < -0.39 is 5.97 Å². The third-order valence-electron chi connectivity index (χ3n) is 2.27. The third-order valence-corrected chi connectivity index (χ3v) is 2.27. The quantitative estimate of drug-likeness (QED) is 0.751. The Morgan fingerprint density at radius 1 is 1.29 bits per heavy atom. The molecule has 1 fully saturated rings. The van der Waals surface area contributed by atoms with Crippen molar-refractivity contribution < 1.29 is 9.90 Å². The largest absolute Gasteiger partial charge is 0.478 e. The molecule has 0 aromatic carbocycles. The van der Waals surface area contributed by atoms with Crippen LogP contribution in [0.2, 0.25) is 0 Å². The molecule has 1 N–H and O–H groups in total. The molecule has 0 aliphatic carbocycles. The van der Waals surface area contributed by atoms with Gasteiger partial charge in [0.15, 0.2) is 0 Å². The van der Waals surface area contributed by atoms with Crippen LogP contribution in [0.1, 0.15) is 23.2 Å². The van der Waals surface area contributed by atoms with E-state index in [4.69, 9.17) is 5.11 Å². The van der Waals surface area contributed by atoms with Crippen molar-refractivity contribution in [2.45, 2.75) is 12.8 Å². The first-order chi connectivity index (χ1) is 6.77. The SMILES string of the molecule is O=C(O)c1cnc(N2CCCC2)nc1. The summed E-state index contributed by atoms with van der Waals surface area (Å²) in [6.45, 7) is 1.93. The second kappa shape index (κ2) is 3.61. The Bertz CT molecular complexity index is 330. The van der Waals surface area contributed by atoms with Gasteiger partial charge < -0.3 is 10.0 Å². The molecule has 1 aromatic rings. The van der Waals surface area contributed by atoms with E-state index in [1.54, 1.807) is 0 Å². The number of nitrogens with zero attached hydrogens (tertiary/aromatic N) is 3. The highest BCUT2D eigenvalue weighted by atomic mass is 16.4. The number of carboxylic acid groups (broad SMARTS) is 1. The van der Waals surface area contributed by atoms with Crippen molar-refractivity contribution in [3.8, 4) is 0 Å². The van der Waals surface area contributed by atoms with Crippen molar-refractivity contribution >= 4 is 11.9 Å². The lowest BCUT2D eigenvalue weighted by atomic mass is 10.3. The van der Waals surface area contributed by atoms with E-state index in [1.165, 1.54) is 12.4 Å². The lowest BCUT2D eigenvalue weighted by Crippen LogP contribution is -2.20. The van der Waals surface area contributed by atoms with Gasteiger partial charge in [0.05, 0.1) is 5.56 Å². The molecule has 1 aliphatic heterocycles. The van der Waals surface area contributed by atoms with Crippen molar-refractivity contribution in [2.75, 3.05) is 18.0 Å². The first kappa shape index (κ1) is 8.93. The zero-order valence-electron chi connectivity index (χ0n) is 7.68. The van der Waals surface area contributed by atoms with Gasteiger partial charge in [0.1, 0.15) is 0 Å². The Morgan fingerprint density at radius 2 is 1.86 bits per heavy atom. The van der Waals surface area contributed by atoms with Crippen LogP contribution < -0.4 is 4.90 Å². The molecule has 0 radical (unpaired) electrons. The Balaban J connectivity index is 2.16. The van der Waals surface area contributed by atoms with E-state index >= 15 is 0 Å². The van der Waals surface area contributed by atoms with Crippen LogP contribution in [0.5, 0.6) is 0 Å². The monoisotopic (exact) mass is 193 g/mol. The molecule has 1 aliphatic rings. The summed E-state index contributed by atoms with van der Waals surface area (Å²) in [6, 6.07) is 0. The van der Waals surface area contributed by atoms with Gasteiger partial charge in [-0.05, 0) is 12.8 Å². The van der Waals surface area contributed by atoms with E-state index in [0.717, 1.165) is 25.9 Å². The molecule has 0 saturated carbocycles. The minimum atomic E-state index is -0.988. The van der Waals surface area contributed by atoms with Gasteiger partial charge in [0.25, 0.3) is 0 Å². The summed E-state index contributed by atoms with van der Waals surface area (Å²) in [7, 11) is 0. The lowest BCUT2D eigenvalue weighted by Gasteiger charge is -2.13. The van der Waals surface area contributed by atoms with Gasteiger partial charge in [-0.25, -0.2) is 14.8 Å². The number of hydrogen-bond acceptors (Lipinski definition) is 4. The van der Waals surface area contributed by atoms with Gasteiger partial charge in [-0.1, -0.05) is 0 Å². The molecule has 5 heteroatoms. The van der Waals surface area contributed by atoms with Crippen LogP contribution in [-0.2, 0) is 0 Å². The number of aromatic carboxylic acids is 1. The van der Waals surface area contributed by atoms with Crippen LogP contribution in [-0.4, -0.2) is 34.1 Å². The minimum absolute atomic E-state index is 0.132. The summed E-state index contributed by atoms with van der Waals surface area (Å²) in [6.07, 6.45) is 5.01. The smallest absolute Gasteiger partial charge is 0.338 e. The zero-order valence-corrected chi connectivity index (χ0v) is 7.68. The van der Waals surface area contributed by atoms with Gasteiger partial charge in [-0.3, -0.25) is 0 Å². The summed E-state index contributed by atoms with van der Waals surface area (Å²) < 4.78 is 0. The molecule has 0 unspecified atom stereocenters. The Kier molecular flexibility index (Phi) is 2.30. The standard InChI is InChI=1S/C9H11N3O2/c13-8(14)7-5-10-9(11-6-7)12-3-1-2-4-12/h5-6H,1-4H2,(H,13,14). The average Bonchev–Trinajstić information content (AvgIpc) is 2.71. The Morgan fingerprint density at radius 3 is 2.36 bits per heavy atom. The summed E-state index contributed by atoms with van der Waals surface area (Å²) in [5.41, 5.74) is 0.132. The van der Waals surface area contributed by atoms with E-state index in [2.05, 4.69) is 14.9 Å². The molecule has 0 atom stereocenters. The maximum Gasteiger partial charge on any atom is 0.338 e. The second-order valence-corrected chi connectivity index (χ2v) is 3.27. The summed E-state index contributed by atoms with van der Waals surface area (Å²) >= 11 is 0. The molecular weight excluding hydrogens is 182 g/mol. The molecule has 5 nitrogen and oxygen atoms in total. The molecule has 14 heavy (non-hydrogen) atoms. The van der Waals surface area contributed by atoms with Crippen LogP contribution >= 0.6 is 0 Å². The van der Waals surface area contributed by atoms with Gasteiger partial charge in [-0.2, -0.15) is 0 Å². The fraction of sp³-hybridized carbons (Fsp3) is 0.444. The van der Waals surface area contributed by atoms with E-state index in [-0.39, 0.29) is 5.56 Å².